The Kier molecular flexibility index (Phi) is 1.07. The topological polar surface area (TPSA) is 22.2 Å². The van der Waals surface area contributed by atoms with Crippen LogP contribution in [0.15, 0.2) is 36.8 Å². The van der Waals surface area contributed by atoms with Crippen LogP contribution in [0.25, 0.3) is 16.7 Å². The van der Waals surface area contributed by atoms with Gasteiger partial charge in [0.15, 0.2) is 5.65 Å². The average Bonchev–Trinajstić information content (AvgIpc) is 2.72. The van der Waals surface area contributed by atoms with E-state index in [9.17, 15) is 4.48 Å². The van der Waals surface area contributed by atoms with E-state index in [4.69, 9.17) is 0 Å². The molecule has 0 N–H and O–H groups in total. The number of benzene rings is 1. The number of halogens is 1. The van der Waals surface area contributed by atoms with Crippen LogP contribution in [0.2, 0.25) is 0 Å². The van der Waals surface area contributed by atoms with E-state index in [2.05, 4.69) is 4.98 Å². The number of rotatable bonds is 0. The van der Waals surface area contributed by atoms with Crippen molar-refractivity contribution >= 4 is 16.7 Å². The molecule has 4 heteroatoms. The number of hydrogen-bond acceptors (Lipinski definition) is 1. The predicted octanol–water partition coefficient (Wildman–Crippen LogP) is 2.02. The SMILES string of the molecule is Fn1c2ccccc2n2cncc12. The highest BCUT2D eigenvalue weighted by molar-refractivity contribution is 5.80. The Morgan fingerprint density at radius 2 is 1.92 bits per heavy atom. The standard InChI is InChI=1S/C9H6FN3/c10-13-8-4-2-1-3-7(8)12-6-11-5-9(12)13/h1-6H. The van der Waals surface area contributed by atoms with Gasteiger partial charge in [0.1, 0.15) is 11.8 Å². The molecule has 2 aromatic heterocycles. The lowest BCUT2D eigenvalue weighted by Crippen LogP contribution is -1.78. The maximum atomic E-state index is 13.5. The Balaban J connectivity index is 2.72. The van der Waals surface area contributed by atoms with Gasteiger partial charge in [0.25, 0.3) is 0 Å². The van der Waals surface area contributed by atoms with E-state index in [1.807, 2.05) is 18.2 Å². The highest BCUT2D eigenvalue weighted by Gasteiger charge is 2.08. The second-order valence-corrected chi connectivity index (χ2v) is 2.89. The zero-order chi connectivity index (χ0) is 8.84. The molecule has 0 unspecified atom stereocenters. The number of fused-ring (bicyclic) bond motifs is 3. The summed E-state index contributed by atoms with van der Waals surface area (Å²) in [5.74, 6) is 0. The van der Waals surface area contributed by atoms with Crippen LogP contribution in [0.4, 0.5) is 4.48 Å². The third kappa shape index (κ3) is 0.697. The van der Waals surface area contributed by atoms with E-state index in [0.29, 0.717) is 16.0 Å². The van der Waals surface area contributed by atoms with Crippen molar-refractivity contribution in [2.24, 2.45) is 0 Å². The van der Waals surface area contributed by atoms with Crippen molar-refractivity contribution in [1.82, 2.24) is 14.2 Å². The largest absolute Gasteiger partial charge is 0.281 e. The van der Waals surface area contributed by atoms with Gasteiger partial charge in [-0.25, -0.2) is 4.98 Å². The van der Waals surface area contributed by atoms with Gasteiger partial charge in [-0.2, -0.15) is 4.79 Å². The molecule has 0 atom stereocenters. The Morgan fingerprint density at radius 3 is 2.77 bits per heavy atom. The fourth-order valence-electron chi connectivity index (χ4n) is 1.58. The molecule has 0 bridgehead atoms. The molecule has 2 heterocycles. The van der Waals surface area contributed by atoms with E-state index in [0.717, 1.165) is 5.52 Å². The van der Waals surface area contributed by atoms with Gasteiger partial charge in [-0.3, -0.25) is 4.40 Å². The molecule has 0 spiro atoms. The first-order chi connectivity index (χ1) is 6.38. The first-order valence-corrected chi connectivity index (χ1v) is 3.95. The van der Waals surface area contributed by atoms with Crippen molar-refractivity contribution in [3.63, 3.8) is 0 Å². The number of aromatic nitrogens is 3. The number of imidazole rings is 2. The van der Waals surface area contributed by atoms with Gasteiger partial charge in [-0.1, -0.05) is 16.6 Å². The predicted molar refractivity (Wildman–Crippen MR) is 47.2 cm³/mol. The maximum absolute atomic E-state index is 13.5. The summed E-state index contributed by atoms with van der Waals surface area (Å²) in [6, 6.07) is 7.29. The molecule has 64 valence electrons. The fraction of sp³-hybridized carbons (Fsp3) is 0. The van der Waals surface area contributed by atoms with Gasteiger partial charge in [0, 0.05) is 0 Å². The van der Waals surface area contributed by atoms with Crippen LogP contribution in [0.1, 0.15) is 0 Å². The van der Waals surface area contributed by atoms with E-state index in [1.165, 1.54) is 6.20 Å². The van der Waals surface area contributed by atoms with Crippen LogP contribution in [0, 0.1) is 0 Å². The molecule has 13 heavy (non-hydrogen) atoms. The minimum atomic E-state index is 0.459. The van der Waals surface area contributed by atoms with Gasteiger partial charge < -0.3 is 0 Å². The van der Waals surface area contributed by atoms with Crippen LogP contribution in [0.5, 0.6) is 0 Å². The first kappa shape index (κ1) is 6.65. The molecule has 0 aliphatic heterocycles. The molecule has 0 amide bonds. The van der Waals surface area contributed by atoms with E-state index >= 15 is 0 Å². The van der Waals surface area contributed by atoms with Crippen LogP contribution in [-0.4, -0.2) is 14.2 Å². The summed E-state index contributed by atoms with van der Waals surface area (Å²) in [5, 5.41) is 0. The Labute approximate surface area is 73.0 Å². The van der Waals surface area contributed by atoms with Crippen molar-refractivity contribution in [2.45, 2.75) is 0 Å². The van der Waals surface area contributed by atoms with Crippen molar-refractivity contribution in [1.29, 1.82) is 0 Å². The summed E-state index contributed by atoms with van der Waals surface area (Å²) < 4.78 is 15.2. The van der Waals surface area contributed by atoms with E-state index < -0.39 is 0 Å². The summed E-state index contributed by atoms with van der Waals surface area (Å²) in [6.45, 7) is 0. The zero-order valence-corrected chi connectivity index (χ0v) is 6.68. The highest BCUT2D eigenvalue weighted by Crippen LogP contribution is 2.19. The molecular formula is C9H6FN3. The molecule has 3 rings (SSSR count). The zero-order valence-electron chi connectivity index (χ0n) is 6.68. The van der Waals surface area contributed by atoms with Gasteiger partial charge in [0.05, 0.1) is 11.7 Å². The molecule has 0 radical (unpaired) electrons. The van der Waals surface area contributed by atoms with Gasteiger partial charge >= 0.3 is 0 Å². The molecule has 0 fully saturated rings. The molecule has 0 aliphatic rings. The molecule has 0 aliphatic carbocycles. The molecule has 3 aromatic rings. The Bertz CT molecular complexity index is 579. The molecular weight excluding hydrogens is 169 g/mol. The molecule has 1 aromatic carbocycles. The van der Waals surface area contributed by atoms with Crippen LogP contribution >= 0.6 is 0 Å². The van der Waals surface area contributed by atoms with Gasteiger partial charge in [-0.15, -0.1) is 0 Å². The Morgan fingerprint density at radius 1 is 1.15 bits per heavy atom. The number of hydrogen-bond donors (Lipinski definition) is 0. The first-order valence-electron chi connectivity index (χ1n) is 3.95. The minimum absolute atomic E-state index is 0.459. The fourth-order valence-corrected chi connectivity index (χ4v) is 1.58. The van der Waals surface area contributed by atoms with E-state index in [1.54, 1.807) is 16.8 Å². The Hall–Kier alpha value is -1.84. The smallest absolute Gasteiger partial charge is 0.168 e. The summed E-state index contributed by atoms with van der Waals surface area (Å²) >= 11 is 0. The van der Waals surface area contributed by atoms with Gasteiger partial charge in [-0.05, 0) is 12.1 Å². The summed E-state index contributed by atoms with van der Waals surface area (Å²) in [5.41, 5.74) is 1.86. The van der Waals surface area contributed by atoms with Crippen molar-refractivity contribution in [3.05, 3.63) is 36.8 Å². The third-order valence-electron chi connectivity index (χ3n) is 2.17. The summed E-state index contributed by atoms with van der Waals surface area (Å²) in [6.07, 6.45) is 3.10. The number of para-hydroxylation sites is 2. The van der Waals surface area contributed by atoms with E-state index in [-0.39, 0.29) is 0 Å². The maximum Gasteiger partial charge on any atom is 0.168 e. The molecule has 0 saturated heterocycles. The highest BCUT2D eigenvalue weighted by atomic mass is 19.2. The normalized spacial score (nSPS) is 11.5. The van der Waals surface area contributed by atoms with Crippen LogP contribution in [0.3, 0.4) is 0 Å². The second-order valence-electron chi connectivity index (χ2n) is 2.89. The third-order valence-corrected chi connectivity index (χ3v) is 2.17. The molecule has 0 saturated carbocycles. The monoisotopic (exact) mass is 175 g/mol. The quantitative estimate of drug-likeness (QED) is 0.512. The second kappa shape index (κ2) is 2.10. The lowest BCUT2D eigenvalue weighted by atomic mass is 10.3. The molecule has 3 nitrogen and oxygen atoms in total. The van der Waals surface area contributed by atoms with Crippen molar-refractivity contribution in [2.75, 3.05) is 0 Å². The van der Waals surface area contributed by atoms with Crippen LogP contribution in [-0.2, 0) is 0 Å². The number of nitrogens with zero attached hydrogens (tertiary/aromatic N) is 3. The lowest BCUT2D eigenvalue weighted by Gasteiger charge is -1.88. The van der Waals surface area contributed by atoms with Crippen LogP contribution < -0.4 is 0 Å². The summed E-state index contributed by atoms with van der Waals surface area (Å²) in [4.78, 5) is 4.52. The van der Waals surface area contributed by atoms with Crippen molar-refractivity contribution in [3.8, 4) is 0 Å². The van der Waals surface area contributed by atoms with Crippen molar-refractivity contribution < 1.29 is 4.48 Å². The van der Waals surface area contributed by atoms with Gasteiger partial charge in [0.2, 0.25) is 0 Å². The average molecular weight is 175 g/mol. The summed E-state index contributed by atoms with van der Waals surface area (Å²) in [7, 11) is 0. The lowest BCUT2D eigenvalue weighted by molar-refractivity contribution is 0.402. The minimum Gasteiger partial charge on any atom is -0.281 e.